The summed E-state index contributed by atoms with van der Waals surface area (Å²) in [5.74, 6) is -0.759. The molecule has 3 aliphatic rings. The molecule has 1 saturated carbocycles. The van der Waals surface area contributed by atoms with Crippen molar-refractivity contribution >= 4 is 23.0 Å². The smallest absolute Gasteiger partial charge is 0.269 e. The second-order valence-corrected chi connectivity index (χ2v) is 6.87. The van der Waals surface area contributed by atoms with Crippen LogP contribution in [0.4, 0.5) is 5.69 Å². The first kappa shape index (κ1) is 15.9. The Kier molecular flexibility index (Phi) is 3.82. The number of aliphatic imine (C=N–C) groups is 1. The summed E-state index contributed by atoms with van der Waals surface area (Å²) >= 11 is 0. The Morgan fingerprint density at radius 3 is 2.64 bits per heavy atom. The van der Waals surface area contributed by atoms with Crippen molar-refractivity contribution in [3.8, 4) is 0 Å². The highest BCUT2D eigenvalue weighted by Crippen LogP contribution is 2.46. The highest BCUT2D eigenvalue weighted by atomic mass is 16.6. The molecule has 0 radical (unpaired) electrons. The number of benzene rings is 1. The molecule has 2 unspecified atom stereocenters. The Morgan fingerprint density at radius 1 is 1.04 bits per heavy atom. The van der Waals surface area contributed by atoms with E-state index in [2.05, 4.69) is 4.99 Å². The van der Waals surface area contributed by atoms with Gasteiger partial charge in [-0.05, 0) is 31.2 Å². The Balaban J connectivity index is 1.90. The molecule has 1 heterocycles. The fourth-order valence-electron chi connectivity index (χ4n) is 4.29. The summed E-state index contributed by atoms with van der Waals surface area (Å²) < 4.78 is 0. The van der Waals surface area contributed by atoms with E-state index >= 15 is 0 Å². The van der Waals surface area contributed by atoms with Crippen molar-refractivity contribution in [3.05, 3.63) is 51.2 Å². The minimum atomic E-state index is -0.448. The van der Waals surface area contributed by atoms with Crippen LogP contribution in [0.2, 0.25) is 0 Å². The van der Waals surface area contributed by atoms with Crippen molar-refractivity contribution in [2.75, 3.05) is 0 Å². The van der Waals surface area contributed by atoms with E-state index in [9.17, 15) is 19.7 Å². The lowest BCUT2D eigenvalue weighted by atomic mass is 9.67. The summed E-state index contributed by atoms with van der Waals surface area (Å²) in [7, 11) is 0. The van der Waals surface area contributed by atoms with E-state index in [1.165, 1.54) is 12.1 Å². The SMILES string of the molecule is O=C1CCCC2=C1C(c1cccc([N+](=O)[O-])c1)C1C(=O)CCCC1=N2. The maximum Gasteiger partial charge on any atom is 0.269 e. The van der Waals surface area contributed by atoms with Crippen LogP contribution in [0, 0.1) is 16.0 Å². The van der Waals surface area contributed by atoms with E-state index in [0.717, 1.165) is 37.1 Å². The molecule has 0 N–H and O–H groups in total. The van der Waals surface area contributed by atoms with Crippen LogP contribution in [-0.2, 0) is 9.59 Å². The van der Waals surface area contributed by atoms with Gasteiger partial charge in [-0.25, -0.2) is 0 Å². The van der Waals surface area contributed by atoms with Crippen LogP contribution in [0.15, 0.2) is 40.5 Å². The van der Waals surface area contributed by atoms with Gasteiger partial charge in [0.25, 0.3) is 5.69 Å². The van der Waals surface area contributed by atoms with Gasteiger partial charge < -0.3 is 0 Å². The van der Waals surface area contributed by atoms with Crippen LogP contribution in [0.25, 0.3) is 0 Å². The zero-order valence-electron chi connectivity index (χ0n) is 13.7. The number of allylic oxidation sites excluding steroid dienone is 2. The molecule has 1 aromatic rings. The molecule has 2 atom stereocenters. The monoisotopic (exact) mass is 338 g/mol. The maximum atomic E-state index is 12.7. The third-order valence-electron chi connectivity index (χ3n) is 5.35. The summed E-state index contributed by atoms with van der Waals surface area (Å²) in [6, 6.07) is 6.35. The minimum Gasteiger partial charge on any atom is -0.299 e. The molecule has 0 saturated heterocycles. The van der Waals surface area contributed by atoms with Gasteiger partial charge in [0.05, 0.1) is 10.8 Å². The number of hydrogen-bond acceptors (Lipinski definition) is 5. The number of rotatable bonds is 2. The summed E-state index contributed by atoms with van der Waals surface area (Å²) in [5.41, 5.74) is 2.89. The van der Waals surface area contributed by atoms with Crippen molar-refractivity contribution in [2.45, 2.75) is 44.4 Å². The number of fused-ring (bicyclic) bond motifs is 1. The van der Waals surface area contributed by atoms with Gasteiger partial charge in [-0.15, -0.1) is 0 Å². The lowest BCUT2D eigenvalue weighted by Gasteiger charge is -2.37. The molecule has 0 aromatic heterocycles. The second kappa shape index (κ2) is 6.02. The van der Waals surface area contributed by atoms with Gasteiger partial charge in [-0.1, -0.05) is 12.1 Å². The molecular weight excluding hydrogens is 320 g/mol. The predicted molar refractivity (Wildman–Crippen MR) is 91.5 cm³/mol. The maximum absolute atomic E-state index is 12.7. The molecule has 1 fully saturated rings. The minimum absolute atomic E-state index is 0.0183. The topological polar surface area (TPSA) is 89.6 Å². The number of nitro benzene ring substituents is 1. The van der Waals surface area contributed by atoms with E-state index in [-0.39, 0.29) is 17.3 Å². The third-order valence-corrected chi connectivity index (χ3v) is 5.35. The van der Waals surface area contributed by atoms with Crippen molar-refractivity contribution in [2.24, 2.45) is 10.9 Å². The molecule has 4 rings (SSSR count). The van der Waals surface area contributed by atoms with Gasteiger partial charge in [0.2, 0.25) is 0 Å². The molecule has 1 aromatic carbocycles. The lowest BCUT2D eigenvalue weighted by molar-refractivity contribution is -0.384. The van der Waals surface area contributed by atoms with Gasteiger partial charge in [-0.2, -0.15) is 0 Å². The lowest BCUT2D eigenvalue weighted by Crippen LogP contribution is -2.39. The molecule has 0 bridgehead atoms. The second-order valence-electron chi connectivity index (χ2n) is 6.87. The van der Waals surface area contributed by atoms with E-state index < -0.39 is 16.8 Å². The van der Waals surface area contributed by atoms with Crippen molar-refractivity contribution in [1.29, 1.82) is 0 Å². The Labute approximate surface area is 144 Å². The standard InChI is InChI=1S/C19H18N2O4/c22-15-8-2-6-13-18(15)17(11-4-1-5-12(10-11)21(24)25)19-14(20-13)7-3-9-16(19)23/h1,4-5,10,17-18H,2-3,6-9H2. The number of nitrogens with zero attached hydrogens (tertiary/aromatic N) is 2. The number of hydrogen-bond donors (Lipinski definition) is 0. The van der Waals surface area contributed by atoms with Crippen molar-refractivity contribution in [3.63, 3.8) is 0 Å². The first-order valence-corrected chi connectivity index (χ1v) is 8.67. The summed E-state index contributed by atoms with van der Waals surface area (Å²) in [4.78, 5) is 40.7. The zero-order valence-corrected chi connectivity index (χ0v) is 13.7. The summed E-state index contributed by atoms with van der Waals surface area (Å²) in [6.45, 7) is 0. The summed E-state index contributed by atoms with van der Waals surface area (Å²) in [6.07, 6.45) is 3.98. The van der Waals surface area contributed by atoms with E-state index in [4.69, 9.17) is 0 Å². The number of carbonyl (C=O) groups is 2. The molecule has 25 heavy (non-hydrogen) atoms. The molecule has 128 valence electrons. The Hall–Kier alpha value is -2.63. The molecule has 0 amide bonds. The van der Waals surface area contributed by atoms with Crippen LogP contribution < -0.4 is 0 Å². The van der Waals surface area contributed by atoms with Gasteiger partial charge >= 0.3 is 0 Å². The first-order chi connectivity index (χ1) is 12.1. The van der Waals surface area contributed by atoms with E-state index in [1.807, 2.05) is 0 Å². The first-order valence-electron chi connectivity index (χ1n) is 8.67. The van der Waals surface area contributed by atoms with Crippen molar-refractivity contribution < 1.29 is 14.5 Å². The highest BCUT2D eigenvalue weighted by molar-refractivity contribution is 6.12. The predicted octanol–water partition coefficient (Wildman–Crippen LogP) is 3.51. The van der Waals surface area contributed by atoms with Crippen LogP contribution in [-0.4, -0.2) is 22.2 Å². The van der Waals surface area contributed by atoms with Gasteiger partial charge in [0, 0.05) is 47.9 Å². The van der Waals surface area contributed by atoms with Crippen LogP contribution in [0.1, 0.15) is 50.0 Å². The molecular formula is C19H18N2O4. The number of Topliss-reactive ketones (excluding diaryl/α,β-unsaturated/α-hetero) is 2. The molecule has 1 aliphatic heterocycles. The largest absolute Gasteiger partial charge is 0.299 e. The normalized spacial score (nSPS) is 26.0. The van der Waals surface area contributed by atoms with Gasteiger partial charge in [-0.3, -0.25) is 24.7 Å². The molecule has 2 aliphatic carbocycles. The quantitative estimate of drug-likeness (QED) is 0.609. The fourth-order valence-corrected chi connectivity index (χ4v) is 4.29. The van der Waals surface area contributed by atoms with E-state index in [1.54, 1.807) is 12.1 Å². The van der Waals surface area contributed by atoms with Crippen molar-refractivity contribution in [1.82, 2.24) is 0 Å². The third kappa shape index (κ3) is 2.62. The fraction of sp³-hybridized carbons (Fsp3) is 0.421. The Morgan fingerprint density at radius 2 is 1.84 bits per heavy atom. The summed E-state index contributed by atoms with van der Waals surface area (Å²) in [5, 5.41) is 11.2. The van der Waals surface area contributed by atoms with Gasteiger partial charge in [0.15, 0.2) is 5.78 Å². The van der Waals surface area contributed by atoms with Crippen LogP contribution in [0.3, 0.4) is 0 Å². The average Bonchev–Trinajstić information content (AvgIpc) is 2.60. The Bertz CT molecular complexity index is 853. The van der Waals surface area contributed by atoms with E-state index in [0.29, 0.717) is 24.0 Å². The number of carbonyl (C=O) groups excluding carboxylic acids is 2. The zero-order chi connectivity index (χ0) is 17.6. The van der Waals surface area contributed by atoms with Crippen LogP contribution in [0.5, 0.6) is 0 Å². The number of ketones is 2. The van der Waals surface area contributed by atoms with Gasteiger partial charge in [0.1, 0.15) is 5.78 Å². The molecule has 0 spiro atoms. The molecule has 6 nitrogen and oxygen atoms in total. The molecule has 6 heteroatoms. The highest BCUT2D eigenvalue weighted by Gasteiger charge is 2.44. The average molecular weight is 338 g/mol. The van der Waals surface area contributed by atoms with Crippen LogP contribution >= 0.6 is 0 Å². The number of nitro groups is 1. The number of non-ortho nitro benzene ring substituents is 1.